The summed E-state index contributed by atoms with van der Waals surface area (Å²) < 4.78 is 13.5. The second-order valence-corrected chi connectivity index (χ2v) is 4.51. The Morgan fingerprint density at radius 2 is 2.25 bits per heavy atom. The van der Waals surface area contributed by atoms with E-state index in [0.717, 1.165) is 6.07 Å². The molecule has 0 N–H and O–H groups in total. The highest BCUT2D eigenvalue weighted by Crippen LogP contribution is 2.21. The van der Waals surface area contributed by atoms with E-state index < -0.39 is 5.82 Å². The Hall–Kier alpha value is -1.26. The van der Waals surface area contributed by atoms with Crippen LogP contribution in [0.4, 0.5) is 4.39 Å². The number of nitrogens with zero attached hydrogens (tertiary/aromatic N) is 1. The number of aryl methyl sites for hydroxylation is 1. The lowest BCUT2D eigenvalue weighted by Gasteiger charge is -2.01. The largest absolute Gasteiger partial charge is 0.288 e. The van der Waals surface area contributed by atoms with E-state index >= 15 is 0 Å². The van der Waals surface area contributed by atoms with Gasteiger partial charge in [0.1, 0.15) is 5.82 Å². The molecule has 1 aromatic heterocycles. The van der Waals surface area contributed by atoms with Crippen LogP contribution in [0.25, 0.3) is 0 Å². The number of halogens is 2. The van der Waals surface area contributed by atoms with Crippen LogP contribution in [0.2, 0.25) is 5.02 Å². The number of benzene rings is 1. The van der Waals surface area contributed by atoms with E-state index in [-0.39, 0.29) is 16.4 Å². The fourth-order valence-electron chi connectivity index (χ4n) is 1.32. The molecule has 2 nitrogen and oxygen atoms in total. The van der Waals surface area contributed by atoms with E-state index in [2.05, 4.69) is 4.98 Å². The maximum atomic E-state index is 13.5. The lowest BCUT2D eigenvalue weighted by atomic mass is 10.1. The van der Waals surface area contributed by atoms with Crippen molar-refractivity contribution in [2.24, 2.45) is 0 Å². The van der Waals surface area contributed by atoms with Gasteiger partial charge in [0, 0.05) is 5.02 Å². The molecule has 1 heterocycles. The number of hydrogen-bond donors (Lipinski definition) is 0. The lowest BCUT2D eigenvalue weighted by Crippen LogP contribution is -2.03. The van der Waals surface area contributed by atoms with Gasteiger partial charge in [0.2, 0.25) is 5.78 Å². The first-order valence-electron chi connectivity index (χ1n) is 4.49. The first-order valence-corrected chi connectivity index (χ1v) is 5.75. The van der Waals surface area contributed by atoms with Crippen LogP contribution in [0.1, 0.15) is 20.9 Å². The third-order valence-electron chi connectivity index (χ3n) is 2.13. The summed E-state index contributed by atoms with van der Waals surface area (Å²) in [6.45, 7) is 1.72. The molecule has 0 amide bonds. The molecule has 82 valence electrons. The number of aromatic nitrogens is 1. The van der Waals surface area contributed by atoms with Gasteiger partial charge in [0.15, 0.2) is 0 Å². The molecule has 1 aromatic carbocycles. The first kappa shape index (κ1) is 11.2. The summed E-state index contributed by atoms with van der Waals surface area (Å²) in [6.07, 6.45) is 0. The molecule has 0 aliphatic carbocycles. The van der Waals surface area contributed by atoms with E-state index in [0.29, 0.717) is 10.6 Å². The minimum absolute atomic E-state index is 0.0248. The minimum Gasteiger partial charge on any atom is -0.288 e. The van der Waals surface area contributed by atoms with Gasteiger partial charge in [-0.25, -0.2) is 9.37 Å². The number of thiazole rings is 1. The molecule has 0 aliphatic rings. The molecule has 16 heavy (non-hydrogen) atoms. The van der Waals surface area contributed by atoms with Gasteiger partial charge < -0.3 is 0 Å². The van der Waals surface area contributed by atoms with Crippen molar-refractivity contribution in [3.05, 3.63) is 50.7 Å². The second kappa shape index (κ2) is 4.31. The van der Waals surface area contributed by atoms with Crippen LogP contribution in [0.3, 0.4) is 0 Å². The van der Waals surface area contributed by atoms with Crippen LogP contribution in [0, 0.1) is 12.7 Å². The molecule has 0 aliphatic heterocycles. The Morgan fingerprint density at radius 1 is 1.50 bits per heavy atom. The zero-order chi connectivity index (χ0) is 11.7. The number of hydrogen-bond acceptors (Lipinski definition) is 3. The maximum Gasteiger partial charge on any atom is 0.207 e. The van der Waals surface area contributed by atoms with Gasteiger partial charge >= 0.3 is 0 Å². The molecule has 2 rings (SSSR count). The van der Waals surface area contributed by atoms with Gasteiger partial charge in [0.05, 0.1) is 21.6 Å². The van der Waals surface area contributed by atoms with Crippen LogP contribution in [-0.4, -0.2) is 10.8 Å². The fraction of sp³-hybridized carbons (Fsp3) is 0.0909. The first-order chi connectivity index (χ1) is 7.59. The Kier molecular flexibility index (Phi) is 3.03. The highest BCUT2D eigenvalue weighted by molar-refractivity contribution is 7.12. The van der Waals surface area contributed by atoms with Gasteiger partial charge in [-0.1, -0.05) is 11.6 Å². The molecule has 0 saturated heterocycles. The Labute approximate surface area is 101 Å². The predicted octanol–water partition coefficient (Wildman–Crippen LogP) is 3.48. The highest BCUT2D eigenvalue weighted by atomic mass is 35.5. The third-order valence-corrected chi connectivity index (χ3v) is 3.29. The summed E-state index contributed by atoms with van der Waals surface area (Å²) in [4.78, 5) is 16.4. The summed E-state index contributed by atoms with van der Waals surface area (Å²) in [7, 11) is 0. The summed E-state index contributed by atoms with van der Waals surface area (Å²) in [5, 5.41) is 0.273. The van der Waals surface area contributed by atoms with Crippen LogP contribution < -0.4 is 0 Å². The second-order valence-electron chi connectivity index (χ2n) is 3.22. The van der Waals surface area contributed by atoms with Gasteiger partial charge in [-0.15, -0.1) is 11.3 Å². The standard InChI is InChI=1S/C11H7ClFNOS/c1-6-11(16-5-14-6)10(15)8-3-2-7(12)4-9(8)13/h2-5H,1H3. The molecule has 2 aromatic rings. The van der Waals surface area contributed by atoms with E-state index in [1.807, 2.05) is 0 Å². The fourth-order valence-corrected chi connectivity index (χ4v) is 2.23. The Bertz CT molecular complexity index is 553. The molecule has 0 radical (unpaired) electrons. The zero-order valence-electron chi connectivity index (χ0n) is 8.33. The highest BCUT2D eigenvalue weighted by Gasteiger charge is 2.17. The monoisotopic (exact) mass is 255 g/mol. The summed E-state index contributed by atoms with van der Waals surface area (Å²) in [6, 6.07) is 4.01. The Morgan fingerprint density at radius 3 is 2.81 bits per heavy atom. The van der Waals surface area contributed by atoms with Crippen molar-refractivity contribution in [1.82, 2.24) is 4.98 Å². The van der Waals surface area contributed by atoms with Crippen molar-refractivity contribution in [3.63, 3.8) is 0 Å². The summed E-state index contributed by atoms with van der Waals surface area (Å²) in [5.74, 6) is -0.959. The van der Waals surface area contributed by atoms with E-state index in [9.17, 15) is 9.18 Å². The smallest absolute Gasteiger partial charge is 0.207 e. The van der Waals surface area contributed by atoms with Crippen molar-refractivity contribution in [2.45, 2.75) is 6.92 Å². The van der Waals surface area contributed by atoms with Gasteiger partial charge in [-0.05, 0) is 25.1 Å². The topological polar surface area (TPSA) is 30.0 Å². The number of rotatable bonds is 2. The van der Waals surface area contributed by atoms with Crippen LogP contribution >= 0.6 is 22.9 Å². The predicted molar refractivity (Wildman–Crippen MR) is 61.7 cm³/mol. The molecule has 0 bridgehead atoms. The molecular weight excluding hydrogens is 249 g/mol. The molecule has 5 heteroatoms. The van der Waals surface area contributed by atoms with Crippen LogP contribution in [-0.2, 0) is 0 Å². The molecule has 0 atom stereocenters. The van der Waals surface area contributed by atoms with Crippen molar-refractivity contribution in [2.75, 3.05) is 0 Å². The minimum atomic E-state index is -0.606. The normalized spacial score (nSPS) is 10.4. The SMILES string of the molecule is Cc1ncsc1C(=O)c1ccc(Cl)cc1F. The van der Waals surface area contributed by atoms with E-state index in [4.69, 9.17) is 11.6 Å². The van der Waals surface area contributed by atoms with Crippen LogP contribution in [0.15, 0.2) is 23.7 Å². The maximum absolute atomic E-state index is 13.5. The van der Waals surface area contributed by atoms with E-state index in [1.54, 1.807) is 12.4 Å². The van der Waals surface area contributed by atoms with Crippen molar-refractivity contribution in [1.29, 1.82) is 0 Å². The van der Waals surface area contributed by atoms with Gasteiger partial charge in [-0.2, -0.15) is 0 Å². The Balaban J connectivity index is 2.46. The van der Waals surface area contributed by atoms with Crippen LogP contribution in [0.5, 0.6) is 0 Å². The number of carbonyl (C=O) groups excluding carboxylic acids is 1. The number of ketones is 1. The molecule has 0 fully saturated rings. The number of carbonyl (C=O) groups is 1. The molecule has 0 spiro atoms. The average Bonchev–Trinajstić information content (AvgIpc) is 2.63. The quantitative estimate of drug-likeness (QED) is 0.769. The van der Waals surface area contributed by atoms with Gasteiger partial charge in [0.25, 0.3) is 0 Å². The van der Waals surface area contributed by atoms with Crippen molar-refractivity contribution < 1.29 is 9.18 Å². The average molecular weight is 256 g/mol. The lowest BCUT2D eigenvalue weighted by molar-refractivity contribution is 0.103. The molecular formula is C11H7ClFNOS. The van der Waals surface area contributed by atoms with Crippen molar-refractivity contribution >= 4 is 28.7 Å². The zero-order valence-corrected chi connectivity index (χ0v) is 9.90. The van der Waals surface area contributed by atoms with E-state index in [1.165, 1.54) is 23.5 Å². The summed E-state index contributed by atoms with van der Waals surface area (Å²) >= 11 is 6.82. The molecule has 0 saturated carbocycles. The summed E-state index contributed by atoms with van der Waals surface area (Å²) in [5.41, 5.74) is 2.21. The van der Waals surface area contributed by atoms with Gasteiger partial charge in [-0.3, -0.25) is 4.79 Å². The third kappa shape index (κ3) is 1.99. The van der Waals surface area contributed by atoms with Crippen molar-refractivity contribution in [3.8, 4) is 0 Å². The molecule has 0 unspecified atom stereocenters.